The highest BCUT2D eigenvalue weighted by molar-refractivity contribution is 5.93. The summed E-state index contributed by atoms with van der Waals surface area (Å²) in [6, 6.07) is 16.6. The molecular formula is C26H27ClN8O. The number of hydrogen-bond donors (Lipinski definition) is 2. The maximum absolute atomic E-state index is 6.11. The van der Waals surface area contributed by atoms with E-state index >= 15 is 0 Å². The van der Waals surface area contributed by atoms with E-state index in [1.807, 2.05) is 37.4 Å². The number of anilines is 3. The molecule has 9 nitrogen and oxygen atoms in total. The molecule has 4 heterocycles. The van der Waals surface area contributed by atoms with Crippen LogP contribution >= 0.6 is 12.4 Å². The molecule has 0 aliphatic carbocycles. The van der Waals surface area contributed by atoms with Gasteiger partial charge in [0.2, 0.25) is 0 Å². The summed E-state index contributed by atoms with van der Waals surface area (Å²) in [7, 11) is 0. The lowest BCUT2D eigenvalue weighted by Gasteiger charge is -2.36. The molecule has 0 radical (unpaired) electrons. The predicted molar refractivity (Wildman–Crippen MR) is 144 cm³/mol. The van der Waals surface area contributed by atoms with Crippen LogP contribution in [0.5, 0.6) is 11.5 Å². The molecule has 2 aromatic carbocycles. The number of piperazine rings is 1. The number of nitrogens with zero attached hydrogens (tertiary/aromatic N) is 6. The first-order chi connectivity index (χ1) is 17.1. The predicted octanol–water partition coefficient (Wildman–Crippen LogP) is 4.74. The summed E-state index contributed by atoms with van der Waals surface area (Å²) in [5, 5.41) is 12.0. The van der Waals surface area contributed by atoms with Crippen LogP contribution in [0.2, 0.25) is 0 Å². The number of aryl methyl sites for hydroxylation is 1. The number of fused-ring (bicyclic) bond motifs is 2. The number of hydrogen-bond acceptors (Lipinski definition) is 8. The Hall–Kier alpha value is -3.95. The second-order valence-corrected chi connectivity index (χ2v) is 8.80. The molecule has 1 aliphatic rings. The zero-order valence-electron chi connectivity index (χ0n) is 20.0. The summed E-state index contributed by atoms with van der Waals surface area (Å²) in [6.45, 7) is 7.22. The quantitative estimate of drug-likeness (QED) is 0.356. The van der Waals surface area contributed by atoms with Gasteiger partial charge in [0.25, 0.3) is 0 Å². The van der Waals surface area contributed by atoms with Gasteiger partial charge in [-0.3, -0.25) is 0 Å². The highest BCUT2D eigenvalue weighted by Crippen LogP contribution is 2.31. The van der Waals surface area contributed by atoms with E-state index in [1.54, 1.807) is 10.8 Å². The van der Waals surface area contributed by atoms with Gasteiger partial charge in [-0.1, -0.05) is 0 Å². The van der Waals surface area contributed by atoms with Crippen molar-refractivity contribution in [2.45, 2.75) is 19.9 Å². The summed E-state index contributed by atoms with van der Waals surface area (Å²) in [6.07, 6.45) is 4.95. The van der Waals surface area contributed by atoms with E-state index in [2.05, 4.69) is 66.8 Å². The Morgan fingerprint density at radius 3 is 2.81 bits per heavy atom. The summed E-state index contributed by atoms with van der Waals surface area (Å²) in [4.78, 5) is 15.7. The average molecular weight is 503 g/mol. The molecule has 3 aromatic heterocycles. The van der Waals surface area contributed by atoms with Gasteiger partial charge in [0, 0.05) is 54.7 Å². The van der Waals surface area contributed by atoms with Crippen LogP contribution in [0.3, 0.4) is 0 Å². The zero-order chi connectivity index (χ0) is 23.8. The number of rotatable bonds is 5. The Bertz CT molecular complexity index is 1520. The molecule has 10 heteroatoms. The Labute approximate surface area is 215 Å². The van der Waals surface area contributed by atoms with Crippen molar-refractivity contribution in [3.05, 3.63) is 72.9 Å². The highest BCUT2D eigenvalue weighted by Gasteiger charge is 2.19. The molecule has 0 saturated carbocycles. The van der Waals surface area contributed by atoms with Gasteiger partial charge >= 0.3 is 0 Å². The number of benzene rings is 2. The molecular weight excluding hydrogens is 476 g/mol. The van der Waals surface area contributed by atoms with Crippen LogP contribution in [-0.2, 0) is 0 Å². The molecule has 0 spiro atoms. The van der Waals surface area contributed by atoms with Crippen molar-refractivity contribution in [1.82, 2.24) is 29.9 Å². The third-order valence-corrected chi connectivity index (χ3v) is 6.37. The van der Waals surface area contributed by atoms with Crippen LogP contribution in [0.1, 0.15) is 12.5 Å². The first kappa shape index (κ1) is 23.8. The molecule has 0 amide bonds. The Morgan fingerprint density at radius 2 is 1.94 bits per heavy atom. The Kier molecular flexibility index (Phi) is 6.58. The van der Waals surface area contributed by atoms with Crippen molar-refractivity contribution in [2.24, 2.45) is 0 Å². The van der Waals surface area contributed by atoms with Crippen molar-refractivity contribution in [3.8, 4) is 11.5 Å². The van der Waals surface area contributed by atoms with Crippen LogP contribution in [0.15, 0.2) is 67.4 Å². The third-order valence-electron chi connectivity index (χ3n) is 6.37. The monoisotopic (exact) mass is 502 g/mol. The molecule has 1 fully saturated rings. The van der Waals surface area contributed by atoms with Crippen molar-refractivity contribution >= 4 is 46.1 Å². The minimum atomic E-state index is 0. The number of aromatic nitrogens is 5. The van der Waals surface area contributed by atoms with Crippen molar-refractivity contribution < 1.29 is 4.74 Å². The molecule has 1 atom stereocenters. The Balaban J connectivity index is 0.00000267. The molecule has 2 N–H and O–H groups in total. The lowest BCUT2D eigenvalue weighted by molar-refractivity contribution is 0.478. The fourth-order valence-electron chi connectivity index (χ4n) is 4.51. The number of pyridine rings is 1. The normalized spacial score (nSPS) is 15.6. The van der Waals surface area contributed by atoms with Gasteiger partial charge < -0.3 is 20.3 Å². The molecule has 1 saturated heterocycles. The fraction of sp³-hybridized carbons (Fsp3) is 0.231. The van der Waals surface area contributed by atoms with Gasteiger partial charge in [-0.05, 0) is 61.9 Å². The van der Waals surface area contributed by atoms with Gasteiger partial charge in [-0.15, -0.1) is 12.4 Å². The average Bonchev–Trinajstić information content (AvgIpc) is 3.34. The van der Waals surface area contributed by atoms with E-state index in [0.29, 0.717) is 11.8 Å². The van der Waals surface area contributed by atoms with Crippen LogP contribution in [0.4, 0.5) is 17.2 Å². The standard InChI is InChI=1S/C26H26N8O.ClH/c1-17-11-19(3-6-24(17)35-21-7-9-34-25(13-21)29-16-31-34)32-26-22-12-20(4-5-23(22)28-15-30-26)33-10-8-27-14-18(33)2;/h3-7,9,11-13,15-16,18,27H,8,10,14H2,1-2H3,(H,28,30,32);1H/t18-;/m0./s1. The highest BCUT2D eigenvalue weighted by atomic mass is 35.5. The minimum Gasteiger partial charge on any atom is -0.457 e. The maximum Gasteiger partial charge on any atom is 0.158 e. The van der Waals surface area contributed by atoms with Gasteiger partial charge in [0.1, 0.15) is 30.0 Å². The van der Waals surface area contributed by atoms with Crippen molar-refractivity contribution in [1.29, 1.82) is 0 Å². The number of halogens is 1. The zero-order valence-corrected chi connectivity index (χ0v) is 20.9. The SMILES string of the molecule is Cc1cc(Nc2ncnc3ccc(N4CCNC[C@@H]4C)cc23)ccc1Oc1ccn2ncnc2c1.Cl. The van der Waals surface area contributed by atoms with Crippen LogP contribution in [-0.4, -0.2) is 50.2 Å². The van der Waals surface area contributed by atoms with Gasteiger partial charge in [0.15, 0.2) is 5.65 Å². The summed E-state index contributed by atoms with van der Waals surface area (Å²) in [5.41, 5.74) is 4.78. The topological polar surface area (TPSA) is 92.5 Å². The smallest absolute Gasteiger partial charge is 0.158 e. The second kappa shape index (κ2) is 9.96. The number of ether oxygens (including phenoxy) is 1. The van der Waals surface area contributed by atoms with Crippen LogP contribution < -0.4 is 20.3 Å². The fourth-order valence-corrected chi connectivity index (χ4v) is 4.51. The molecule has 5 aromatic rings. The molecule has 0 bridgehead atoms. The third kappa shape index (κ3) is 4.62. The van der Waals surface area contributed by atoms with E-state index in [4.69, 9.17) is 4.74 Å². The van der Waals surface area contributed by atoms with Crippen molar-refractivity contribution in [2.75, 3.05) is 29.9 Å². The number of nitrogens with one attached hydrogen (secondary N) is 2. The van der Waals surface area contributed by atoms with E-state index < -0.39 is 0 Å². The van der Waals surface area contributed by atoms with Crippen molar-refractivity contribution in [3.63, 3.8) is 0 Å². The lowest BCUT2D eigenvalue weighted by Crippen LogP contribution is -2.49. The summed E-state index contributed by atoms with van der Waals surface area (Å²) < 4.78 is 7.81. The first-order valence-electron chi connectivity index (χ1n) is 11.7. The van der Waals surface area contributed by atoms with Crippen LogP contribution in [0.25, 0.3) is 16.6 Å². The maximum atomic E-state index is 6.11. The van der Waals surface area contributed by atoms with Gasteiger partial charge in [-0.2, -0.15) is 5.10 Å². The van der Waals surface area contributed by atoms with E-state index in [-0.39, 0.29) is 12.4 Å². The second-order valence-electron chi connectivity index (χ2n) is 8.80. The molecule has 184 valence electrons. The van der Waals surface area contributed by atoms with Crippen LogP contribution in [0, 0.1) is 6.92 Å². The largest absolute Gasteiger partial charge is 0.457 e. The van der Waals surface area contributed by atoms with Gasteiger partial charge in [0.05, 0.1) is 5.52 Å². The summed E-state index contributed by atoms with van der Waals surface area (Å²) >= 11 is 0. The molecule has 0 unspecified atom stereocenters. The van der Waals surface area contributed by atoms with E-state index in [9.17, 15) is 0 Å². The lowest BCUT2D eigenvalue weighted by atomic mass is 10.1. The molecule has 1 aliphatic heterocycles. The van der Waals surface area contributed by atoms with Gasteiger partial charge in [-0.25, -0.2) is 19.5 Å². The molecule has 6 rings (SSSR count). The van der Waals surface area contributed by atoms with E-state index in [0.717, 1.165) is 59.0 Å². The minimum absolute atomic E-state index is 0. The van der Waals surface area contributed by atoms with E-state index in [1.165, 1.54) is 12.0 Å². The Morgan fingerprint density at radius 1 is 1.03 bits per heavy atom. The molecule has 36 heavy (non-hydrogen) atoms. The summed E-state index contributed by atoms with van der Waals surface area (Å²) in [5.74, 6) is 2.28. The first-order valence-corrected chi connectivity index (χ1v) is 11.7.